The van der Waals surface area contributed by atoms with Crippen molar-refractivity contribution in [1.29, 1.82) is 0 Å². The van der Waals surface area contributed by atoms with Crippen molar-refractivity contribution in [1.82, 2.24) is 9.55 Å². The lowest BCUT2D eigenvalue weighted by molar-refractivity contribution is 1.06. The first-order valence-electron chi connectivity index (χ1n) is 6.35. The van der Waals surface area contributed by atoms with Gasteiger partial charge in [-0.1, -0.05) is 34.1 Å². The fraction of sp³-hybridized carbons (Fsp3) is 0.0625. The quantitative estimate of drug-likeness (QED) is 0.756. The summed E-state index contributed by atoms with van der Waals surface area (Å²) >= 11 is 3.54. The van der Waals surface area contributed by atoms with Gasteiger partial charge in [-0.3, -0.25) is 4.57 Å². The van der Waals surface area contributed by atoms with Crippen LogP contribution in [0.4, 0.5) is 11.6 Å². The fourth-order valence-corrected chi connectivity index (χ4v) is 2.71. The molecule has 0 atom stereocenters. The average Bonchev–Trinajstić information content (AvgIpc) is 2.87. The van der Waals surface area contributed by atoms with E-state index in [1.807, 2.05) is 41.1 Å². The van der Waals surface area contributed by atoms with Crippen molar-refractivity contribution in [2.24, 2.45) is 0 Å². The molecule has 0 spiro atoms. The van der Waals surface area contributed by atoms with E-state index in [2.05, 4.69) is 51.4 Å². The van der Waals surface area contributed by atoms with Crippen molar-refractivity contribution < 1.29 is 0 Å². The number of hydrogen-bond donors (Lipinski definition) is 1. The van der Waals surface area contributed by atoms with Gasteiger partial charge in [0.05, 0.1) is 0 Å². The number of aryl methyl sites for hydroxylation is 1. The second-order valence-electron chi connectivity index (χ2n) is 4.60. The molecule has 1 heterocycles. The molecule has 2 aromatic carbocycles. The summed E-state index contributed by atoms with van der Waals surface area (Å²) < 4.78 is 3.09. The molecule has 0 fully saturated rings. The number of benzene rings is 2. The zero-order chi connectivity index (χ0) is 13.9. The molecule has 1 aromatic heterocycles. The van der Waals surface area contributed by atoms with Gasteiger partial charge in [0.2, 0.25) is 5.95 Å². The van der Waals surface area contributed by atoms with Gasteiger partial charge in [-0.05, 0) is 42.8 Å². The van der Waals surface area contributed by atoms with Gasteiger partial charge in [-0.15, -0.1) is 0 Å². The molecule has 3 aromatic rings. The highest BCUT2D eigenvalue weighted by atomic mass is 79.9. The Morgan fingerprint density at radius 1 is 1.10 bits per heavy atom. The van der Waals surface area contributed by atoms with Gasteiger partial charge in [-0.25, -0.2) is 4.98 Å². The number of nitrogens with zero attached hydrogens (tertiary/aromatic N) is 2. The molecule has 0 amide bonds. The first-order valence-corrected chi connectivity index (χ1v) is 7.15. The van der Waals surface area contributed by atoms with Crippen molar-refractivity contribution >= 4 is 27.6 Å². The SMILES string of the molecule is Cc1cc(Br)cc(-n2ccnc2Nc2ccccc2)c1. The second-order valence-corrected chi connectivity index (χ2v) is 5.51. The lowest BCUT2D eigenvalue weighted by atomic mass is 10.2. The predicted molar refractivity (Wildman–Crippen MR) is 85.7 cm³/mol. The molecule has 100 valence electrons. The number of imidazole rings is 1. The van der Waals surface area contributed by atoms with Crippen LogP contribution in [0.2, 0.25) is 0 Å². The number of hydrogen-bond acceptors (Lipinski definition) is 2. The van der Waals surface area contributed by atoms with Gasteiger partial charge >= 0.3 is 0 Å². The van der Waals surface area contributed by atoms with Crippen LogP contribution in [-0.4, -0.2) is 9.55 Å². The van der Waals surface area contributed by atoms with E-state index >= 15 is 0 Å². The third kappa shape index (κ3) is 2.75. The van der Waals surface area contributed by atoms with E-state index in [1.54, 1.807) is 6.20 Å². The lowest BCUT2D eigenvalue weighted by Gasteiger charge is -2.11. The maximum absolute atomic E-state index is 4.38. The lowest BCUT2D eigenvalue weighted by Crippen LogP contribution is -2.01. The molecule has 1 N–H and O–H groups in total. The molecule has 20 heavy (non-hydrogen) atoms. The Kier molecular flexibility index (Phi) is 3.56. The summed E-state index contributed by atoms with van der Waals surface area (Å²) in [4.78, 5) is 4.38. The van der Waals surface area contributed by atoms with Gasteiger partial charge in [-0.2, -0.15) is 0 Å². The minimum Gasteiger partial charge on any atom is -0.325 e. The molecular weight excluding hydrogens is 314 g/mol. The number of nitrogens with one attached hydrogen (secondary N) is 1. The van der Waals surface area contributed by atoms with E-state index in [0.717, 1.165) is 21.8 Å². The minimum absolute atomic E-state index is 0.800. The van der Waals surface area contributed by atoms with Crippen molar-refractivity contribution in [2.45, 2.75) is 6.92 Å². The van der Waals surface area contributed by atoms with Crippen LogP contribution < -0.4 is 5.32 Å². The summed E-state index contributed by atoms with van der Waals surface area (Å²) in [5.41, 5.74) is 3.30. The molecule has 3 rings (SSSR count). The number of aromatic nitrogens is 2. The van der Waals surface area contributed by atoms with Crippen molar-refractivity contribution in [2.75, 3.05) is 5.32 Å². The average molecular weight is 328 g/mol. The number of rotatable bonds is 3. The maximum atomic E-state index is 4.38. The monoisotopic (exact) mass is 327 g/mol. The first kappa shape index (κ1) is 12.9. The summed E-state index contributed by atoms with van der Waals surface area (Å²) in [7, 11) is 0. The Balaban J connectivity index is 1.98. The predicted octanol–water partition coefficient (Wildman–Crippen LogP) is 4.69. The number of anilines is 2. The molecular formula is C16H14BrN3. The van der Waals surface area contributed by atoms with E-state index in [1.165, 1.54) is 5.56 Å². The fourth-order valence-electron chi connectivity index (χ4n) is 2.11. The summed E-state index contributed by atoms with van der Waals surface area (Å²) in [6, 6.07) is 16.3. The number of para-hydroxylation sites is 1. The van der Waals surface area contributed by atoms with Crippen molar-refractivity contribution in [3.63, 3.8) is 0 Å². The summed E-state index contributed by atoms with van der Waals surface area (Å²) in [6.07, 6.45) is 3.74. The molecule has 0 radical (unpaired) electrons. The van der Waals surface area contributed by atoms with Crippen LogP contribution in [0.3, 0.4) is 0 Å². The molecule has 0 saturated heterocycles. The Morgan fingerprint density at radius 3 is 2.65 bits per heavy atom. The highest BCUT2D eigenvalue weighted by molar-refractivity contribution is 9.10. The molecule has 0 aliphatic carbocycles. The van der Waals surface area contributed by atoms with Crippen molar-refractivity contribution in [3.05, 3.63) is 71.0 Å². The highest BCUT2D eigenvalue weighted by Gasteiger charge is 2.06. The third-order valence-corrected chi connectivity index (χ3v) is 3.43. The highest BCUT2D eigenvalue weighted by Crippen LogP contribution is 2.23. The zero-order valence-electron chi connectivity index (χ0n) is 11.0. The Morgan fingerprint density at radius 2 is 1.90 bits per heavy atom. The molecule has 0 bridgehead atoms. The van der Waals surface area contributed by atoms with Crippen molar-refractivity contribution in [3.8, 4) is 5.69 Å². The van der Waals surface area contributed by atoms with Crippen LogP contribution in [0.25, 0.3) is 5.69 Å². The van der Waals surface area contributed by atoms with Crippen LogP contribution in [0.1, 0.15) is 5.56 Å². The molecule has 4 heteroatoms. The molecule has 3 nitrogen and oxygen atoms in total. The van der Waals surface area contributed by atoms with E-state index in [0.29, 0.717) is 0 Å². The minimum atomic E-state index is 0.800. The number of halogens is 1. The van der Waals surface area contributed by atoms with Gasteiger partial charge in [0.15, 0.2) is 0 Å². The Labute approximate surface area is 126 Å². The second kappa shape index (κ2) is 5.51. The standard InChI is InChI=1S/C16H14BrN3/c1-12-9-13(17)11-15(10-12)20-8-7-18-16(20)19-14-5-3-2-4-6-14/h2-11H,1H3,(H,18,19). The maximum Gasteiger partial charge on any atom is 0.212 e. The Hall–Kier alpha value is -2.07. The molecule has 0 saturated carbocycles. The summed E-state index contributed by atoms with van der Waals surface area (Å²) in [6.45, 7) is 2.08. The normalized spacial score (nSPS) is 10.5. The van der Waals surface area contributed by atoms with Gasteiger partial charge in [0, 0.05) is 28.2 Å². The smallest absolute Gasteiger partial charge is 0.212 e. The van der Waals surface area contributed by atoms with Crippen LogP contribution >= 0.6 is 15.9 Å². The first-order chi connectivity index (χ1) is 9.72. The zero-order valence-corrected chi connectivity index (χ0v) is 12.6. The van der Waals surface area contributed by atoms with E-state index < -0.39 is 0 Å². The van der Waals surface area contributed by atoms with Gasteiger partial charge in [0.25, 0.3) is 0 Å². The summed E-state index contributed by atoms with van der Waals surface area (Å²) in [5, 5.41) is 3.33. The van der Waals surface area contributed by atoms with E-state index in [-0.39, 0.29) is 0 Å². The largest absolute Gasteiger partial charge is 0.325 e. The molecule has 0 aliphatic rings. The van der Waals surface area contributed by atoms with E-state index in [9.17, 15) is 0 Å². The van der Waals surface area contributed by atoms with Gasteiger partial charge in [0.1, 0.15) is 0 Å². The van der Waals surface area contributed by atoms with Crippen LogP contribution in [0.15, 0.2) is 65.4 Å². The van der Waals surface area contributed by atoms with Crippen LogP contribution in [0, 0.1) is 6.92 Å². The Bertz CT molecular complexity index is 699. The molecule has 0 aliphatic heterocycles. The van der Waals surface area contributed by atoms with Crippen LogP contribution in [-0.2, 0) is 0 Å². The summed E-state index contributed by atoms with van der Waals surface area (Å²) in [5.74, 6) is 0.800. The van der Waals surface area contributed by atoms with Crippen LogP contribution in [0.5, 0.6) is 0 Å². The van der Waals surface area contributed by atoms with Gasteiger partial charge < -0.3 is 5.32 Å². The topological polar surface area (TPSA) is 29.9 Å². The molecule has 0 unspecified atom stereocenters. The third-order valence-electron chi connectivity index (χ3n) is 2.98. The van der Waals surface area contributed by atoms with E-state index in [4.69, 9.17) is 0 Å².